The summed E-state index contributed by atoms with van der Waals surface area (Å²) in [6.07, 6.45) is 0. The van der Waals surface area contributed by atoms with E-state index in [9.17, 15) is 4.79 Å². The van der Waals surface area contributed by atoms with Gasteiger partial charge in [0.2, 0.25) is 0 Å². The van der Waals surface area contributed by atoms with Crippen LogP contribution < -0.4 is 5.43 Å². The number of nitrogens with one attached hydrogen (secondary N) is 1. The Bertz CT molecular complexity index is 652. The van der Waals surface area contributed by atoms with Crippen LogP contribution in [0, 0.1) is 0 Å². The molecular formula is C17H17N3O. The van der Waals surface area contributed by atoms with Gasteiger partial charge in [-0.25, -0.2) is 0 Å². The smallest absolute Gasteiger partial charge is 0.267 e. The fourth-order valence-electron chi connectivity index (χ4n) is 2.36. The number of amidine groups is 1. The van der Waals surface area contributed by atoms with Gasteiger partial charge in [-0.2, -0.15) is 0 Å². The third-order valence-corrected chi connectivity index (χ3v) is 3.35. The molecule has 2 aromatic carbocycles. The predicted octanol–water partition coefficient (Wildman–Crippen LogP) is 2.48. The maximum absolute atomic E-state index is 12.3. The minimum Gasteiger partial charge on any atom is -0.267 e. The first-order valence-corrected chi connectivity index (χ1v) is 7.01. The van der Waals surface area contributed by atoms with Crippen molar-refractivity contribution in [3.63, 3.8) is 0 Å². The molecular weight excluding hydrogens is 262 g/mol. The molecule has 1 N–H and O–H groups in total. The summed E-state index contributed by atoms with van der Waals surface area (Å²) in [5.41, 5.74) is 4.59. The molecule has 1 aliphatic heterocycles. The monoisotopic (exact) mass is 279 g/mol. The first kappa shape index (κ1) is 13.4. The number of carbonyl (C=O) groups excluding carboxylic acids is 1. The van der Waals surface area contributed by atoms with Crippen molar-refractivity contribution >= 4 is 11.7 Å². The average Bonchev–Trinajstić information content (AvgIpc) is 2.89. The van der Waals surface area contributed by atoms with Gasteiger partial charge in [-0.05, 0) is 19.1 Å². The first-order valence-electron chi connectivity index (χ1n) is 7.01. The van der Waals surface area contributed by atoms with E-state index < -0.39 is 0 Å². The molecule has 1 amide bonds. The molecule has 2 aromatic rings. The van der Waals surface area contributed by atoms with Crippen molar-refractivity contribution < 1.29 is 4.79 Å². The Morgan fingerprint density at radius 3 is 2.38 bits per heavy atom. The summed E-state index contributed by atoms with van der Waals surface area (Å²) in [4.78, 5) is 16.9. The highest BCUT2D eigenvalue weighted by atomic mass is 16.2. The maximum atomic E-state index is 12.3. The highest BCUT2D eigenvalue weighted by Crippen LogP contribution is 2.14. The molecule has 0 spiro atoms. The molecule has 3 rings (SSSR count). The van der Waals surface area contributed by atoms with E-state index in [1.807, 2.05) is 60.5 Å². The number of benzene rings is 2. The minimum absolute atomic E-state index is 0.117. The van der Waals surface area contributed by atoms with E-state index >= 15 is 0 Å². The average molecular weight is 279 g/mol. The van der Waals surface area contributed by atoms with Gasteiger partial charge in [0, 0.05) is 11.1 Å². The molecule has 21 heavy (non-hydrogen) atoms. The summed E-state index contributed by atoms with van der Waals surface area (Å²) >= 11 is 0. The van der Waals surface area contributed by atoms with E-state index in [0.29, 0.717) is 12.1 Å². The van der Waals surface area contributed by atoms with Gasteiger partial charge in [-0.15, -0.1) is 0 Å². The summed E-state index contributed by atoms with van der Waals surface area (Å²) in [7, 11) is 0. The number of amides is 1. The third-order valence-electron chi connectivity index (χ3n) is 3.35. The van der Waals surface area contributed by atoms with Crippen LogP contribution in [-0.2, 0) is 0 Å². The Morgan fingerprint density at radius 1 is 1.10 bits per heavy atom. The summed E-state index contributed by atoms with van der Waals surface area (Å²) in [6.45, 7) is 2.72. The first-order chi connectivity index (χ1) is 10.2. The molecule has 0 aliphatic carbocycles. The molecule has 1 aliphatic rings. The largest absolute Gasteiger partial charge is 0.269 e. The number of aliphatic imine (C=N–C) groups is 1. The summed E-state index contributed by atoms with van der Waals surface area (Å²) in [6, 6.07) is 19.3. The second-order valence-electron chi connectivity index (χ2n) is 5.09. The highest BCUT2D eigenvalue weighted by molar-refractivity contribution is 6.02. The van der Waals surface area contributed by atoms with Crippen LogP contribution in [0.4, 0.5) is 0 Å². The van der Waals surface area contributed by atoms with E-state index in [0.717, 1.165) is 11.4 Å². The number of nitrogens with zero attached hydrogens (tertiary/aromatic N) is 2. The fourth-order valence-corrected chi connectivity index (χ4v) is 2.36. The van der Waals surface area contributed by atoms with Crippen LogP contribution in [0.2, 0.25) is 0 Å². The zero-order chi connectivity index (χ0) is 14.7. The second-order valence-corrected chi connectivity index (χ2v) is 5.09. The van der Waals surface area contributed by atoms with Crippen molar-refractivity contribution in [1.82, 2.24) is 10.4 Å². The summed E-state index contributed by atoms with van der Waals surface area (Å²) in [5, 5.41) is 1.83. The lowest BCUT2D eigenvalue weighted by Gasteiger charge is -2.21. The standard InChI is InChI=1S/C17H17N3O/c1-13-12-20(16(18-13)14-8-4-2-5-9-14)19-17(21)15-10-6-3-7-11-15/h2-11,13H,12H2,1H3,(H,19,21)/t13-/m1/s1. The summed E-state index contributed by atoms with van der Waals surface area (Å²) in [5.74, 6) is 0.695. The van der Waals surface area contributed by atoms with Crippen LogP contribution in [0.1, 0.15) is 22.8 Å². The van der Waals surface area contributed by atoms with E-state index in [2.05, 4.69) is 10.4 Å². The van der Waals surface area contributed by atoms with E-state index in [-0.39, 0.29) is 11.9 Å². The van der Waals surface area contributed by atoms with Gasteiger partial charge >= 0.3 is 0 Å². The number of rotatable bonds is 3. The zero-order valence-corrected chi connectivity index (χ0v) is 11.9. The molecule has 1 heterocycles. The normalized spacial score (nSPS) is 17.5. The lowest BCUT2D eigenvalue weighted by Crippen LogP contribution is -2.45. The Balaban J connectivity index is 1.79. The van der Waals surface area contributed by atoms with Crippen LogP contribution >= 0.6 is 0 Å². The number of hydrogen-bond acceptors (Lipinski definition) is 3. The van der Waals surface area contributed by atoms with Crippen molar-refractivity contribution in [2.75, 3.05) is 6.54 Å². The number of hydrogen-bond donors (Lipinski definition) is 1. The van der Waals surface area contributed by atoms with Crippen molar-refractivity contribution in [3.05, 3.63) is 71.8 Å². The van der Waals surface area contributed by atoms with Crippen LogP contribution in [0.5, 0.6) is 0 Å². The van der Waals surface area contributed by atoms with Crippen molar-refractivity contribution in [1.29, 1.82) is 0 Å². The van der Waals surface area contributed by atoms with Crippen LogP contribution in [0.15, 0.2) is 65.7 Å². The molecule has 0 aromatic heterocycles. The Hall–Kier alpha value is -2.62. The molecule has 0 saturated heterocycles. The van der Waals surface area contributed by atoms with Crippen molar-refractivity contribution in [2.24, 2.45) is 4.99 Å². The molecule has 0 unspecified atom stereocenters. The van der Waals surface area contributed by atoms with Gasteiger partial charge in [0.15, 0.2) is 0 Å². The second kappa shape index (κ2) is 5.79. The minimum atomic E-state index is -0.117. The number of carbonyl (C=O) groups is 1. The van der Waals surface area contributed by atoms with Crippen LogP contribution in [0.3, 0.4) is 0 Å². The molecule has 0 radical (unpaired) electrons. The quantitative estimate of drug-likeness (QED) is 0.938. The van der Waals surface area contributed by atoms with Gasteiger partial charge in [-0.1, -0.05) is 48.5 Å². The molecule has 0 saturated carbocycles. The zero-order valence-electron chi connectivity index (χ0n) is 11.9. The third kappa shape index (κ3) is 2.94. The Labute approximate surface area is 124 Å². The van der Waals surface area contributed by atoms with E-state index in [4.69, 9.17) is 0 Å². The molecule has 4 nitrogen and oxygen atoms in total. The molecule has 0 bridgehead atoms. The molecule has 4 heteroatoms. The number of hydrazine groups is 1. The molecule has 106 valence electrons. The van der Waals surface area contributed by atoms with Crippen LogP contribution in [0.25, 0.3) is 0 Å². The topological polar surface area (TPSA) is 44.7 Å². The van der Waals surface area contributed by atoms with Gasteiger partial charge in [0.1, 0.15) is 5.84 Å². The highest BCUT2D eigenvalue weighted by Gasteiger charge is 2.25. The Kier molecular flexibility index (Phi) is 3.69. The Morgan fingerprint density at radius 2 is 1.71 bits per heavy atom. The van der Waals surface area contributed by atoms with Gasteiger partial charge in [-0.3, -0.25) is 20.2 Å². The van der Waals surface area contributed by atoms with E-state index in [1.165, 1.54) is 0 Å². The molecule has 1 atom stereocenters. The van der Waals surface area contributed by atoms with E-state index in [1.54, 1.807) is 12.1 Å². The summed E-state index contributed by atoms with van der Waals surface area (Å²) < 4.78 is 0. The predicted molar refractivity (Wildman–Crippen MR) is 83.1 cm³/mol. The SMILES string of the molecule is C[C@@H]1CN(NC(=O)c2ccccc2)C(c2ccccc2)=N1. The maximum Gasteiger partial charge on any atom is 0.269 e. The van der Waals surface area contributed by atoms with Crippen molar-refractivity contribution in [2.45, 2.75) is 13.0 Å². The fraction of sp³-hybridized carbons (Fsp3) is 0.176. The van der Waals surface area contributed by atoms with Crippen molar-refractivity contribution in [3.8, 4) is 0 Å². The molecule has 0 fully saturated rings. The lowest BCUT2D eigenvalue weighted by atomic mass is 10.2. The van der Waals surface area contributed by atoms with Crippen LogP contribution in [-0.4, -0.2) is 29.3 Å². The van der Waals surface area contributed by atoms with Gasteiger partial charge in [0.25, 0.3) is 5.91 Å². The van der Waals surface area contributed by atoms with Gasteiger partial charge in [0.05, 0.1) is 12.6 Å². The lowest BCUT2D eigenvalue weighted by molar-refractivity contribution is 0.0875. The van der Waals surface area contributed by atoms with Gasteiger partial charge < -0.3 is 0 Å².